The van der Waals surface area contributed by atoms with E-state index in [1.807, 2.05) is 39.5 Å². The summed E-state index contributed by atoms with van der Waals surface area (Å²) in [5, 5.41) is 9.61. The average Bonchev–Trinajstić information content (AvgIpc) is 3.23. The van der Waals surface area contributed by atoms with E-state index in [0.29, 0.717) is 5.56 Å². The van der Waals surface area contributed by atoms with Crippen molar-refractivity contribution in [3.63, 3.8) is 0 Å². The Morgan fingerprint density at radius 3 is 2.09 bits per heavy atom. The molecule has 2 amide bonds. The van der Waals surface area contributed by atoms with Crippen molar-refractivity contribution in [2.45, 2.75) is 92.0 Å². The van der Waals surface area contributed by atoms with Gasteiger partial charge < -0.3 is 19.5 Å². The van der Waals surface area contributed by atoms with Crippen LogP contribution in [0.25, 0.3) is 0 Å². The van der Waals surface area contributed by atoms with Crippen molar-refractivity contribution in [2.24, 2.45) is 0 Å². The minimum Gasteiger partial charge on any atom is -0.465 e. The maximum absolute atomic E-state index is 13.3. The minimum absolute atomic E-state index is 0.0230. The molecule has 0 spiro atoms. The fourth-order valence-electron chi connectivity index (χ4n) is 5.01. The molecule has 188 valence electrons. The largest absolute Gasteiger partial charge is 0.465 e. The molecule has 0 aromatic heterocycles. The SMILES string of the molecule is CCOC(=O)C(OC(C)(C)C)c1c(C)c2c(c(C)c1CC(=O)N1CCCCC1)CN(C(=O)O)C2. The summed E-state index contributed by atoms with van der Waals surface area (Å²) < 4.78 is 11.6. The van der Waals surface area contributed by atoms with Crippen LogP contribution in [-0.2, 0) is 38.6 Å². The molecule has 0 saturated carbocycles. The lowest BCUT2D eigenvalue weighted by atomic mass is 9.84. The molecular formula is C26H38N2O6. The van der Waals surface area contributed by atoms with Crippen molar-refractivity contribution >= 4 is 18.0 Å². The van der Waals surface area contributed by atoms with Gasteiger partial charge in [-0.25, -0.2) is 9.59 Å². The third-order valence-electron chi connectivity index (χ3n) is 6.69. The summed E-state index contributed by atoms with van der Waals surface area (Å²) in [6.45, 7) is 13.4. The summed E-state index contributed by atoms with van der Waals surface area (Å²) in [5.74, 6) is -0.477. The number of likely N-dealkylation sites (tertiary alicyclic amines) is 1. The summed E-state index contributed by atoms with van der Waals surface area (Å²) >= 11 is 0. The van der Waals surface area contributed by atoms with Gasteiger partial charge in [0.2, 0.25) is 5.91 Å². The van der Waals surface area contributed by atoms with Crippen molar-refractivity contribution in [1.82, 2.24) is 9.80 Å². The van der Waals surface area contributed by atoms with Crippen LogP contribution in [0.4, 0.5) is 4.79 Å². The first-order chi connectivity index (χ1) is 15.9. The number of esters is 1. The molecule has 1 saturated heterocycles. The Morgan fingerprint density at radius 1 is 0.971 bits per heavy atom. The first-order valence-corrected chi connectivity index (χ1v) is 12.2. The number of fused-ring (bicyclic) bond motifs is 1. The van der Waals surface area contributed by atoms with Crippen LogP contribution in [0.1, 0.15) is 86.4 Å². The second kappa shape index (κ2) is 10.3. The van der Waals surface area contributed by atoms with Gasteiger partial charge in [0.25, 0.3) is 0 Å². The van der Waals surface area contributed by atoms with Gasteiger partial charge in [-0.05, 0) is 94.2 Å². The van der Waals surface area contributed by atoms with E-state index in [-0.39, 0.29) is 32.0 Å². The van der Waals surface area contributed by atoms with E-state index < -0.39 is 23.8 Å². The molecule has 0 radical (unpaired) electrons. The third kappa shape index (κ3) is 5.54. The minimum atomic E-state index is -1.01. The van der Waals surface area contributed by atoms with Gasteiger partial charge in [-0.1, -0.05) is 0 Å². The predicted octanol–water partition coefficient (Wildman–Crippen LogP) is 4.27. The Labute approximate surface area is 202 Å². The molecule has 2 heterocycles. The molecule has 8 nitrogen and oxygen atoms in total. The molecule has 2 aliphatic rings. The normalized spacial score (nSPS) is 16.9. The summed E-state index contributed by atoms with van der Waals surface area (Å²) in [7, 11) is 0. The van der Waals surface area contributed by atoms with Crippen LogP contribution in [0.3, 0.4) is 0 Å². The van der Waals surface area contributed by atoms with Crippen LogP contribution in [0.2, 0.25) is 0 Å². The highest BCUT2D eigenvalue weighted by Crippen LogP contribution is 2.40. The Morgan fingerprint density at radius 2 is 1.56 bits per heavy atom. The van der Waals surface area contributed by atoms with Gasteiger partial charge in [0.05, 0.1) is 18.6 Å². The summed E-state index contributed by atoms with van der Waals surface area (Å²) in [4.78, 5) is 41.4. The molecule has 2 aliphatic heterocycles. The Hall–Kier alpha value is -2.61. The maximum Gasteiger partial charge on any atom is 0.407 e. The molecule has 1 aromatic carbocycles. The Balaban J connectivity index is 2.16. The number of carbonyl (C=O) groups is 3. The van der Waals surface area contributed by atoms with Gasteiger partial charge in [0.15, 0.2) is 6.10 Å². The smallest absolute Gasteiger partial charge is 0.407 e. The zero-order valence-electron chi connectivity index (χ0n) is 21.3. The number of benzene rings is 1. The van der Waals surface area contributed by atoms with Gasteiger partial charge in [0.1, 0.15) is 0 Å². The molecular weight excluding hydrogens is 436 g/mol. The van der Waals surface area contributed by atoms with Crippen molar-refractivity contribution in [1.29, 1.82) is 0 Å². The molecule has 8 heteroatoms. The van der Waals surface area contributed by atoms with Crippen molar-refractivity contribution < 1.29 is 29.0 Å². The van der Waals surface area contributed by atoms with E-state index in [1.54, 1.807) is 6.92 Å². The fraction of sp³-hybridized carbons (Fsp3) is 0.654. The lowest BCUT2D eigenvalue weighted by Gasteiger charge is -2.32. The number of rotatable bonds is 6. The van der Waals surface area contributed by atoms with Crippen LogP contribution >= 0.6 is 0 Å². The molecule has 0 bridgehead atoms. The molecule has 0 aliphatic carbocycles. The highest BCUT2D eigenvalue weighted by molar-refractivity contribution is 5.83. The number of hydrogen-bond donors (Lipinski definition) is 1. The molecule has 1 atom stereocenters. The highest BCUT2D eigenvalue weighted by atomic mass is 16.6. The second-order valence-corrected chi connectivity index (χ2v) is 10.2. The van der Waals surface area contributed by atoms with Crippen LogP contribution in [0, 0.1) is 13.8 Å². The summed E-state index contributed by atoms with van der Waals surface area (Å²) in [6, 6.07) is 0. The topological polar surface area (TPSA) is 96.4 Å². The van der Waals surface area contributed by atoms with Gasteiger partial charge in [-0.3, -0.25) is 9.69 Å². The van der Waals surface area contributed by atoms with Crippen LogP contribution in [0.5, 0.6) is 0 Å². The maximum atomic E-state index is 13.3. The number of ether oxygens (including phenoxy) is 2. The number of amides is 2. The van der Waals surface area contributed by atoms with E-state index in [9.17, 15) is 19.5 Å². The predicted molar refractivity (Wildman–Crippen MR) is 128 cm³/mol. The van der Waals surface area contributed by atoms with E-state index in [2.05, 4.69) is 0 Å². The average molecular weight is 475 g/mol. The molecule has 3 rings (SSSR count). The van der Waals surface area contributed by atoms with Crippen molar-refractivity contribution in [2.75, 3.05) is 19.7 Å². The standard InChI is InChI=1S/C26H38N2O6/c1-7-33-24(30)23(34-26(4,5)6)22-17(3)20-15-28(25(31)32)14-19(20)16(2)18(22)13-21(29)27-11-9-8-10-12-27/h23H,7-15H2,1-6H3,(H,31,32). The summed E-state index contributed by atoms with van der Waals surface area (Å²) in [6.07, 6.45) is 1.26. The van der Waals surface area contributed by atoms with Gasteiger partial charge >= 0.3 is 12.1 Å². The number of piperidine rings is 1. The quantitative estimate of drug-likeness (QED) is 0.619. The number of hydrogen-bond acceptors (Lipinski definition) is 5. The first-order valence-electron chi connectivity index (χ1n) is 12.2. The third-order valence-corrected chi connectivity index (χ3v) is 6.69. The summed E-state index contributed by atoms with van der Waals surface area (Å²) in [5.41, 5.74) is 4.21. The Bertz CT molecular complexity index is 959. The van der Waals surface area contributed by atoms with Crippen LogP contribution < -0.4 is 0 Å². The second-order valence-electron chi connectivity index (χ2n) is 10.2. The first kappa shape index (κ1) is 26.0. The van der Waals surface area contributed by atoms with E-state index >= 15 is 0 Å². The lowest BCUT2D eigenvalue weighted by Crippen LogP contribution is -2.37. The monoisotopic (exact) mass is 474 g/mol. The highest BCUT2D eigenvalue weighted by Gasteiger charge is 2.37. The molecule has 1 N–H and O–H groups in total. The van der Waals surface area contributed by atoms with Crippen LogP contribution in [0.15, 0.2) is 0 Å². The van der Waals surface area contributed by atoms with E-state index in [1.165, 1.54) is 4.90 Å². The van der Waals surface area contributed by atoms with Gasteiger partial charge in [-0.2, -0.15) is 0 Å². The number of nitrogens with zero attached hydrogens (tertiary/aromatic N) is 2. The van der Waals surface area contributed by atoms with Crippen molar-refractivity contribution in [3.05, 3.63) is 33.4 Å². The molecule has 1 aromatic rings. The zero-order valence-corrected chi connectivity index (χ0v) is 21.3. The Kier molecular flexibility index (Phi) is 7.91. The lowest BCUT2D eigenvalue weighted by molar-refractivity contribution is -0.167. The zero-order chi connectivity index (χ0) is 25.2. The van der Waals surface area contributed by atoms with E-state index in [0.717, 1.165) is 60.2 Å². The number of carbonyl (C=O) groups excluding carboxylic acids is 2. The van der Waals surface area contributed by atoms with E-state index in [4.69, 9.17) is 9.47 Å². The molecule has 1 fully saturated rings. The van der Waals surface area contributed by atoms with Gasteiger partial charge in [0, 0.05) is 26.2 Å². The van der Waals surface area contributed by atoms with Gasteiger partial charge in [-0.15, -0.1) is 0 Å². The molecule has 1 unspecified atom stereocenters. The number of carboxylic acid groups (broad SMARTS) is 1. The van der Waals surface area contributed by atoms with Crippen LogP contribution in [-0.4, -0.2) is 58.2 Å². The molecule has 34 heavy (non-hydrogen) atoms. The fourth-order valence-corrected chi connectivity index (χ4v) is 5.01. The van der Waals surface area contributed by atoms with Crippen molar-refractivity contribution in [3.8, 4) is 0 Å².